The molecule has 1 atom stereocenters. The van der Waals surface area contributed by atoms with E-state index in [9.17, 15) is 14.7 Å². The second-order valence-electron chi connectivity index (χ2n) is 4.64. The number of cyclic esters (lactones) is 2. The van der Waals surface area contributed by atoms with Crippen molar-refractivity contribution in [2.45, 2.75) is 11.0 Å². The Morgan fingerprint density at radius 1 is 1.14 bits per heavy atom. The molecule has 0 saturated heterocycles. The summed E-state index contributed by atoms with van der Waals surface area (Å²) in [7, 11) is 0. The fraction of sp³-hybridized carbons (Fsp3) is 0.200. The summed E-state index contributed by atoms with van der Waals surface area (Å²) in [6.45, 7) is 0. The number of aliphatic hydroxyl groups is 1. The number of esters is 2. The topological polar surface area (TPSA) is 63.6 Å². The van der Waals surface area contributed by atoms with E-state index < -0.39 is 18.0 Å². The molecule has 0 saturated carbocycles. The van der Waals surface area contributed by atoms with Crippen LogP contribution in [0.3, 0.4) is 0 Å². The van der Waals surface area contributed by atoms with Crippen LogP contribution < -0.4 is 0 Å². The van der Waals surface area contributed by atoms with Gasteiger partial charge in [-0.2, -0.15) is 0 Å². The van der Waals surface area contributed by atoms with Crippen molar-refractivity contribution in [1.29, 1.82) is 0 Å². The van der Waals surface area contributed by atoms with Gasteiger partial charge in [0.25, 0.3) is 0 Å². The average molecular weight is 323 g/mol. The normalized spacial score (nSPS) is 15.1. The summed E-state index contributed by atoms with van der Waals surface area (Å²) in [5.74, 6) is -0.637. The first-order chi connectivity index (χ1) is 10.1. The second-order valence-corrected chi connectivity index (χ2v) is 6.01. The van der Waals surface area contributed by atoms with E-state index in [0.29, 0.717) is 22.3 Å². The molecule has 108 valence electrons. The lowest BCUT2D eigenvalue weighted by Crippen LogP contribution is -2.19. The maximum Gasteiger partial charge on any atom is 0.346 e. The number of carbonyl (C=O) groups excluding carboxylic acids is 2. The smallest absolute Gasteiger partial charge is 0.346 e. The largest absolute Gasteiger partial charge is 0.391 e. The van der Waals surface area contributed by atoms with Gasteiger partial charge in [0.2, 0.25) is 0 Å². The Hall–Kier alpha value is -1.56. The van der Waals surface area contributed by atoms with E-state index in [1.165, 1.54) is 11.8 Å². The molecule has 0 aliphatic carbocycles. The Labute approximate surface area is 130 Å². The maximum absolute atomic E-state index is 11.8. The molecular weight excluding hydrogens is 312 g/mol. The van der Waals surface area contributed by atoms with Crippen molar-refractivity contribution in [1.82, 2.24) is 0 Å². The zero-order chi connectivity index (χ0) is 15.0. The highest BCUT2D eigenvalue weighted by atomic mass is 35.5. The third kappa shape index (κ3) is 2.52. The lowest BCUT2D eigenvalue weighted by Gasteiger charge is -2.17. The lowest BCUT2D eigenvalue weighted by molar-refractivity contribution is 0.0391. The summed E-state index contributed by atoms with van der Waals surface area (Å²) < 4.78 is 4.72. The van der Waals surface area contributed by atoms with E-state index in [1.54, 1.807) is 24.3 Å². The van der Waals surface area contributed by atoms with Crippen LogP contribution in [0.15, 0.2) is 35.2 Å². The van der Waals surface area contributed by atoms with Gasteiger partial charge in [0.1, 0.15) is 0 Å². The molecule has 1 aliphatic rings. The highest BCUT2D eigenvalue weighted by Crippen LogP contribution is 2.35. The molecule has 0 bridgehead atoms. The Morgan fingerprint density at radius 3 is 2.57 bits per heavy atom. The third-order valence-corrected chi connectivity index (χ3v) is 4.81. The summed E-state index contributed by atoms with van der Waals surface area (Å²) in [5, 5.41) is 11.0. The van der Waals surface area contributed by atoms with E-state index in [4.69, 9.17) is 16.3 Å². The molecule has 0 spiro atoms. The molecule has 0 aromatic heterocycles. The number of thioether (sulfide) groups is 1. The van der Waals surface area contributed by atoms with Gasteiger partial charge in [-0.15, -0.1) is 23.4 Å². The molecular formula is C15H11ClO4S. The number of rotatable bonds is 4. The highest BCUT2D eigenvalue weighted by Gasteiger charge is 2.27. The van der Waals surface area contributed by atoms with Gasteiger partial charge in [-0.1, -0.05) is 12.1 Å². The minimum atomic E-state index is -0.624. The molecule has 0 amide bonds. The van der Waals surface area contributed by atoms with E-state index >= 15 is 0 Å². The Bertz CT molecular complexity index is 724. The predicted octanol–water partition coefficient (Wildman–Crippen LogP) is 2.84. The summed E-state index contributed by atoms with van der Waals surface area (Å²) in [4.78, 5) is 24.5. The summed E-state index contributed by atoms with van der Waals surface area (Å²) in [5.41, 5.74) is 0.782. The first kappa shape index (κ1) is 14.4. The van der Waals surface area contributed by atoms with Gasteiger partial charge in [0.15, 0.2) is 0 Å². The van der Waals surface area contributed by atoms with Crippen LogP contribution in [0.4, 0.5) is 0 Å². The van der Waals surface area contributed by atoms with E-state index in [2.05, 4.69) is 0 Å². The average Bonchev–Trinajstić information content (AvgIpc) is 2.50. The van der Waals surface area contributed by atoms with Crippen molar-refractivity contribution in [2.24, 2.45) is 0 Å². The van der Waals surface area contributed by atoms with Gasteiger partial charge in [0, 0.05) is 21.9 Å². The Kier molecular flexibility index (Phi) is 3.89. The SMILES string of the molecule is O=C1OC(=O)c2ccc(SC[C@H](O)CCl)c3cccc1c23. The van der Waals surface area contributed by atoms with Crippen LogP contribution >= 0.6 is 23.4 Å². The molecule has 6 heteroatoms. The van der Waals surface area contributed by atoms with Crippen molar-refractivity contribution < 1.29 is 19.4 Å². The number of benzene rings is 2. The fourth-order valence-electron chi connectivity index (χ4n) is 2.27. The number of alkyl halides is 1. The van der Waals surface area contributed by atoms with Crippen LogP contribution in [-0.4, -0.2) is 34.8 Å². The molecule has 3 rings (SSSR count). The number of hydrogen-bond donors (Lipinski definition) is 1. The van der Waals surface area contributed by atoms with Crippen molar-refractivity contribution in [3.05, 3.63) is 41.5 Å². The van der Waals surface area contributed by atoms with Crippen LogP contribution in [0, 0.1) is 0 Å². The van der Waals surface area contributed by atoms with Crippen molar-refractivity contribution in [3.63, 3.8) is 0 Å². The Balaban J connectivity index is 2.12. The second kappa shape index (κ2) is 5.67. The van der Waals surface area contributed by atoms with Crippen LogP contribution in [0.1, 0.15) is 20.7 Å². The molecule has 21 heavy (non-hydrogen) atoms. The van der Waals surface area contributed by atoms with Crippen LogP contribution in [0.5, 0.6) is 0 Å². The summed E-state index contributed by atoms with van der Waals surface area (Å²) >= 11 is 7.03. The van der Waals surface area contributed by atoms with Gasteiger partial charge in [0.05, 0.1) is 17.2 Å². The minimum Gasteiger partial charge on any atom is -0.391 e. The molecule has 1 aliphatic heterocycles. The summed E-state index contributed by atoms with van der Waals surface area (Å²) in [6, 6.07) is 8.69. The van der Waals surface area contributed by atoms with Crippen LogP contribution in [-0.2, 0) is 4.74 Å². The fourth-order valence-corrected chi connectivity index (χ4v) is 3.49. The first-order valence-corrected chi connectivity index (χ1v) is 7.83. The summed E-state index contributed by atoms with van der Waals surface area (Å²) in [6.07, 6.45) is -0.603. The number of hydrogen-bond acceptors (Lipinski definition) is 5. The first-order valence-electron chi connectivity index (χ1n) is 6.31. The highest BCUT2D eigenvalue weighted by molar-refractivity contribution is 7.99. The monoisotopic (exact) mass is 322 g/mol. The number of halogens is 1. The molecule has 4 nitrogen and oxygen atoms in total. The number of carbonyl (C=O) groups is 2. The lowest BCUT2D eigenvalue weighted by atomic mass is 9.97. The van der Waals surface area contributed by atoms with E-state index in [-0.39, 0.29) is 5.88 Å². The molecule has 1 N–H and O–H groups in total. The van der Waals surface area contributed by atoms with Crippen LogP contribution in [0.2, 0.25) is 0 Å². The zero-order valence-electron chi connectivity index (χ0n) is 10.8. The molecule has 1 heterocycles. The zero-order valence-corrected chi connectivity index (χ0v) is 12.4. The van der Waals surface area contributed by atoms with Gasteiger partial charge >= 0.3 is 11.9 Å². The standard InChI is InChI=1S/C15H11ClO4S/c16-6-8(17)7-21-12-5-4-11-13-9(12)2-1-3-10(13)14(18)20-15(11)19/h1-5,8,17H,6-7H2/t8-/m1/s1. The molecule has 0 fully saturated rings. The molecule has 2 aromatic rings. The third-order valence-electron chi connectivity index (χ3n) is 3.24. The van der Waals surface area contributed by atoms with Crippen molar-refractivity contribution in [3.8, 4) is 0 Å². The molecule has 2 aromatic carbocycles. The maximum atomic E-state index is 11.8. The quantitative estimate of drug-likeness (QED) is 0.406. The number of aliphatic hydroxyl groups excluding tert-OH is 1. The Morgan fingerprint density at radius 2 is 1.86 bits per heavy atom. The minimum absolute atomic E-state index is 0.166. The van der Waals surface area contributed by atoms with Crippen molar-refractivity contribution >= 4 is 46.1 Å². The van der Waals surface area contributed by atoms with Gasteiger partial charge in [-0.05, 0) is 23.6 Å². The predicted molar refractivity (Wildman–Crippen MR) is 81.1 cm³/mol. The van der Waals surface area contributed by atoms with Crippen LogP contribution in [0.25, 0.3) is 10.8 Å². The van der Waals surface area contributed by atoms with E-state index in [0.717, 1.165) is 10.3 Å². The molecule has 0 radical (unpaired) electrons. The molecule has 0 unspecified atom stereocenters. The van der Waals surface area contributed by atoms with Gasteiger partial charge in [-0.3, -0.25) is 0 Å². The van der Waals surface area contributed by atoms with Crippen molar-refractivity contribution in [2.75, 3.05) is 11.6 Å². The van der Waals surface area contributed by atoms with Gasteiger partial charge in [-0.25, -0.2) is 9.59 Å². The number of ether oxygens (including phenoxy) is 1. The van der Waals surface area contributed by atoms with Gasteiger partial charge < -0.3 is 9.84 Å². The van der Waals surface area contributed by atoms with E-state index in [1.807, 2.05) is 6.07 Å².